The summed E-state index contributed by atoms with van der Waals surface area (Å²) in [7, 11) is 0. The number of carbonyl (C=O) groups excluding carboxylic acids is 2. The molecule has 0 atom stereocenters. The molecule has 1 fully saturated rings. The second-order valence-electron chi connectivity index (χ2n) is 6.10. The smallest absolute Gasteiger partial charge is 0.335 e. The lowest BCUT2D eigenvalue weighted by molar-refractivity contribution is -0.140. The topological polar surface area (TPSA) is 133 Å². The van der Waals surface area contributed by atoms with Gasteiger partial charge in [-0.05, 0) is 29.8 Å². The van der Waals surface area contributed by atoms with Crippen molar-refractivity contribution in [3.63, 3.8) is 0 Å². The minimum absolute atomic E-state index is 0.0573. The van der Waals surface area contributed by atoms with E-state index < -0.39 is 30.4 Å². The summed E-state index contributed by atoms with van der Waals surface area (Å²) in [6, 6.07) is 12.2. The Bertz CT molecular complexity index is 1010. The van der Waals surface area contributed by atoms with E-state index in [4.69, 9.17) is 14.9 Å². The average Bonchev–Trinajstić information content (AvgIpc) is 2.94. The lowest BCUT2D eigenvalue weighted by atomic mass is 10.1. The van der Waals surface area contributed by atoms with Gasteiger partial charge >= 0.3 is 18.0 Å². The number of hydrogen-bond acceptors (Lipinski definition) is 5. The number of hydrogen-bond donors (Lipinski definition) is 3. The van der Waals surface area contributed by atoms with E-state index in [2.05, 4.69) is 5.32 Å². The lowest BCUT2D eigenvalue weighted by Crippen LogP contribution is -2.35. The molecule has 3 rings (SSSR count). The van der Waals surface area contributed by atoms with Gasteiger partial charge in [0.15, 0.2) is 0 Å². The summed E-state index contributed by atoms with van der Waals surface area (Å²) in [6.45, 7) is -0.571. The van der Waals surface area contributed by atoms with Crippen molar-refractivity contribution in [2.45, 2.75) is 6.61 Å². The number of aliphatic carboxylic acids is 1. The van der Waals surface area contributed by atoms with Crippen molar-refractivity contribution in [2.75, 3.05) is 6.54 Å². The fourth-order valence-corrected chi connectivity index (χ4v) is 2.64. The van der Waals surface area contributed by atoms with Gasteiger partial charge in [0, 0.05) is 5.56 Å². The summed E-state index contributed by atoms with van der Waals surface area (Å²) < 4.78 is 5.76. The molecular formula is C20H16N2O7. The number of para-hydroxylation sites is 1. The van der Waals surface area contributed by atoms with Crippen molar-refractivity contribution in [3.05, 3.63) is 70.9 Å². The Kier molecular flexibility index (Phi) is 5.59. The quantitative estimate of drug-likeness (QED) is 0.481. The average molecular weight is 396 g/mol. The highest BCUT2D eigenvalue weighted by Crippen LogP contribution is 2.23. The first-order valence-electron chi connectivity index (χ1n) is 8.45. The maximum atomic E-state index is 12.3. The molecule has 0 aliphatic carbocycles. The van der Waals surface area contributed by atoms with Gasteiger partial charge in [-0.3, -0.25) is 9.59 Å². The van der Waals surface area contributed by atoms with Gasteiger partial charge < -0.3 is 20.3 Å². The Morgan fingerprint density at radius 3 is 2.38 bits per heavy atom. The SMILES string of the molecule is O=C(O)CN1C(=O)NC(=Cc2ccccc2OCc2ccc(C(=O)O)cc2)C1=O. The molecule has 9 heteroatoms. The van der Waals surface area contributed by atoms with Crippen molar-refractivity contribution < 1.29 is 34.1 Å². The van der Waals surface area contributed by atoms with E-state index in [1.165, 1.54) is 18.2 Å². The van der Waals surface area contributed by atoms with Gasteiger partial charge in [-0.15, -0.1) is 0 Å². The maximum Gasteiger partial charge on any atom is 0.335 e. The molecule has 0 bridgehead atoms. The Hall–Kier alpha value is -4.14. The van der Waals surface area contributed by atoms with Crippen LogP contribution >= 0.6 is 0 Å². The van der Waals surface area contributed by atoms with Crippen molar-refractivity contribution >= 4 is 30.0 Å². The second kappa shape index (κ2) is 8.26. The summed E-state index contributed by atoms with van der Waals surface area (Å²) in [5.41, 5.74) is 1.37. The summed E-state index contributed by atoms with van der Waals surface area (Å²) in [4.78, 5) is 46.4. The Morgan fingerprint density at radius 1 is 1.03 bits per heavy atom. The van der Waals surface area contributed by atoms with Crippen LogP contribution in [-0.4, -0.2) is 45.5 Å². The number of nitrogens with zero attached hydrogens (tertiary/aromatic N) is 1. The van der Waals surface area contributed by atoms with E-state index >= 15 is 0 Å². The van der Waals surface area contributed by atoms with Crippen LogP contribution < -0.4 is 10.1 Å². The van der Waals surface area contributed by atoms with Crippen LogP contribution in [0.25, 0.3) is 6.08 Å². The van der Waals surface area contributed by atoms with Crippen molar-refractivity contribution in [1.82, 2.24) is 10.2 Å². The second-order valence-corrected chi connectivity index (χ2v) is 6.10. The Balaban J connectivity index is 1.76. The van der Waals surface area contributed by atoms with Gasteiger partial charge in [0.1, 0.15) is 24.6 Å². The number of ether oxygens (including phenoxy) is 1. The van der Waals surface area contributed by atoms with Gasteiger partial charge in [0.2, 0.25) is 0 Å². The Labute approximate surface area is 164 Å². The van der Waals surface area contributed by atoms with Crippen LogP contribution in [0.5, 0.6) is 5.75 Å². The predicted octanol–water partition coefficient (Wildman–Crippen LogP) is 1.94. The number of nitrogens with one attached hydrogen (secondary N) is 1. The molecule has 1 saturated heterocycles. The van der Waals surface area contributed by atoms with Crippen LogP contribution in [0, 0.1) is 0 Å². The fourth-order valence-electron chi connectivity index (χ4n) is 2.64. The fraction of sp³-hybridized carbons (Fsp3) is 0.100. The number of urea groups is 1. The number of carbonyl (C=O) groups is 4. The van der Waals surface area contributed by atoms with Crippen LogP contribution in [0.4, 0.5) is 4.79 Å². The van der Waals surface area contributed by atoms with E-state index in [1.54, 1.807) is 36.4 Å². The van der Waals surface area contributed by atoms with E-state index in [0.717, 1.165) is 5.56 Å². The number of amides is 3. The molecule has 9 nitrogen and oxygen atoms in total. The molecule has 29 heavy (non-hydrogen) atoms. The molecule has 3 N–H and O–H groups in total. The summed E-state index contributed by atoms with van der Waals surface area (Å²) >= 11 is 0. The first-order valence-corrected chi connectivity index (χ1v) is 8.45. The van der Waals surface area contributed by atoms with Gasteiger partial charge in [-0.1, -0.05) is 30.3 Å². The normalized spacial score (nSPS) is 14.8. The molecule has 0 spiro atoms. The highest BCUT2D eigenvalue weighted by molar-refractivity contribution is 6.15. The standard InChI is InChI=1S/C20H16N2O7/c23-17(24)10-22-18(25)15(21-20(22)28)9-14-3-1-2-4-16(14)29-11-12-5-7-13(8-6-12)19(26)27/h1-9H,10-11H2,(H,21,28)(H,23,24)(H,26,27). The predicted molar refractivity (Wildman–Crippen MR) is 100 cm³/mol. The van der Waals surface area contributed by atoms with Crippen LogP contribution in [0.3, 0.4) is 0 Å². The van der Waals surface area contributed by atoms with E-state index in [1.807, 2.05) is 0 Å². The molecule has 1 heterocycles. The highest BCUT2D eigenvalue weighted by Gasteiger charge is 2.35. The number of carboxylic acids is 2. The third kappa shape index (κ3) is 4.59. The van der Waals surface area contributed by atoms with E-state index in [-0.39, 0.29) is 17.9 Å². The largest absolute Gasteiger partial charge is 0.488 e. The van der Waals surface area contributed by atoms with Gasteiger partial charge in [-0.2, -0.15) is 0 Å². The molecule has 1 aliphatic heterocycles. The third-order valence-electron chi connectivity index (χ3n) is 4.07. The Morgan fingerprint density at radius 2 is 1.72 bits per heavy atom. The summed E-state index contributed by atoms with van der Waals surface area (Å²) in [5, 5.41) is 20.1. The maximum absolute atomic E-state index is 12.3. The first-order chi connectivity index (χ1) is 13.8. The minimum atomic E-state index is -1.30. The molecule has 3 amide bonds. The summed E-state index contributed by atoms with van der Waals surface area (Å²) in [6.07, 6.45) is 1.41. The minimum Gasteiger partial charge on any atom is -0.488 e. The molecule has 0 radical (unpaired) electrons. The zero-order chi connectivity index (χ0) is 21.0. The van der Waals surface area contributed by atoms with Crippen LogP contribution in [0.1, 0.15) is 21.5 Å². The van der Waals surface area contributed by atoms with Gasteiger partial charge in [0.25, 0.3) is 5.91 Å². The molecule has 148 valence electrons. The lowest BCUT2D eigenvalue weighted by Gasteiger charge is -2.10. The van der Waals surface area contributed by atoms with Gasteiger partial charge in [0.05, 0.1) is 5.56 Å². The first kappa shape index (κ1) is 19.6. The molecule has 0 saturated carbocycles. The molecule has 0 aromatic heterocycles. The van der Waals surface area contributed by atoms with Crippen molar-refractivity contribution in [2.24, 2.45) is 0 Å². The zero-order valence-electron chi connectivity index (χ0n) is 15.0. The van der Waals surface area contributed by atoms with E-state index in [9.17, 15) is 19.2 Å². The number of rotatable bonds is 7. The van der Waals surface area contributed by atoms with Crippen LogP contribution in [0.15, 0.2) is 54.2 Å². The molecular weight excluding hydrogens is 380 g/mol. The number of imide groups is 1. The third-order valence-corrected chi connectivity index (χ3v) is 4.07. The van der Waals surface area contributed by atoms with Crippen LogP contribution in [-0.2, 0) is 16.2 Å². The van der Waals surface area contributed by atoms with Crippen molar-refractivity contribution in [3.8, 4) is 5.75 Å². The molecule has 0 unspecified atom stereocenters. The molecule has 1 aliphatic rings. The number of aromatic carboxylic acids is 1. The van der Waals surface area contributed by atoms with Gasteiger partial charge in [-0.25, -0.2) is 14.5 Å². The zero-order valence-corrected chi connectivity index (χ0v) is 15.0. The summed E-state index contributed by atoms with van der Waals surface area (Å²) in [5.74, 6) is -2.63. The molecule has 2 aromatic rings. The number of benzene rings is 2. The monoisotopic (exact) mass is 396 g/mol. The number of carboxylic acid groups (broad SMARTS) is 2. The highest BCUT2D eigenvalue weighted by atomic mass is 16.5. The van der Waals surface area contributed by atoms with Crippen molar-refractivity contribution in [1.29, 1.82) is 0 Å². The van der Waals surface area contributed by atoms with E-state index in [0.29, 0.717) is 16.2 Å². The van der Waals surface area contributed by atoms with Crippen LogP contribution in [0.2, 0.25) is 0 Å². The molecule has 2 aromatic carbocycles.